The molecule has 0 aliphatic rings. The highest BCUT2D eigenvalue weighted by Gasteiger charge is 2.20. The van der Waals surface area contributed by atoms with Crippen LogP contribution < -0.4 is 10.6 Å². The molecule has 0 radical (unpaired) electrons. The van der Waals surface area contributed by atoms with Crippen molar-refractivity contribution in [3.8, 4) is 0 Å². The highest BCUT2D eigenvalue weighted by atomic mass is 79.9. The lowest BCUT2D eigenvalue weighted by atomic mass is 10.1. The molecule has 0 aliphatic heterocycles. The average Bonchev–Trinajstić information content (AvgIpc) is 2.48. The molecular weight excluding hydrogens is 335 g/mol. The quantitative estimate of drug-likeness (QED) is 0.838. The molecular formula is C16H16BrFN2O. The van der Waals surface area contributed by atoms with E-state index in [1.54, 1.807) is 35.2 Å². The minimum Gasteiger partial charge on any atom is -0.399 e. The third-order valence-electron chi connectivity index (χ3n) is 3.08. The normalized spacial score (nSPS) is 10.4. The van der Waals surface area contributed by atoms with Crippen LogP contribution in [-0.2, 0) is 0 Å². The van der Waals surface area contributed by atoms with E-state index in [0.717, 1.165) is 12.1 Å². The number of benzene rings is 2. The second-order valence-electron chi connectivity index (χ2n) is 4.65. The Hall–Kier alpha value is -1.88. The van der Waals surface area contributed by atoms with Crippen LogP contribution >= 0.6 is 15.9 Å². The van der Waals surface area contributed by atoms with Gasteiger partial charge in [-0.15, -0.1) is 0 Å². The second-order valence-corrected chi connectivity index (χ2v) is 5.44. The fourth-order valence-corrected chi connectivity index (χ4v) is 2.47. The summed E-state index contributed by atoms with van der Waals surface area (Å²) in [6, 6.07) is 11.5. The molecule has 1 amide bonds. The summed E-state index contributed by atoms with van der Waals surface area (Å²) in [7, 11) is 0. The maximum absolute atomic E-state index is 13.6. The van der Waals surface area contributed by atoms with E-state index in [1.165, 1.54) is 12.1 Å². The summed E-state index contributed by atoms with van der Waals surface area (Å²) in [5.41, 5.74) is 7.35. The number of carbonyl (C=O) groups excluding carboxylic acids is 1. The Labute approximate surface area is 131 Å². The first-order valence-electron chi connectivity index (χ1n) is 6.66. The number of nitrogens with two attached hydrogens (primary N) is 1. The summed E-state index contributed by atoms with van der Waals surface area (Å²) in [6.45, 7) is 2.53. The van der Waals surface area contributed by atoms with Gasteiger partial charge >= 0.3 is 0 Å². The van der Waals surface area contributed by atoms with Crippen LogP contribution in [0.2, 0.25) is 0 Å². The van der Waals surface area contributed by atoms with Gasteiger partial charge in [0.05, 0.1) is 10.0 Å². The van der Waals surface area contributed by atoms with Gasteiger partial charge in [0.25, 0.3) is 5.91 Å². The predicted octanol–water partition coefficient (Wildman–Crippen LogP) is 4.23. The molecule has 0 bridgehead atoms. The number of nitrogens with zero attached hydrogens (tertiary/aromatic N) is 1. The molecule has 0 heterocycles. The maximum Gasteiger partial charge on any atom is 0.259 e. The van der Waals surface area contributed by atoms with Crippen molar-refractivity contribution in [3.63, 3.8) is 0 Å². The van der Waals surface area contributed by atoms with Gasteiger partial charge in [0.15, 0.2) is 0 Å². The van der Waals surface area contributed by atoms with Gasteiger partial charge < -0.3 is 10.6 Å². The zero-order valence-electron chi connectivity index (χ0n) is 11.6. The highest BCUT2D eigenvalue weighted by molar-refractivity contribution is 9.10. The van der Waals surface area contributed by atoms with Crippen LogP contribution in [0.5, 0.6) is 0 Å². The maximum atomic E-state index is 13.6. The third kappa shape index (κ3) is 3.42. The summed E-state index contributed by atoms with van der Waals surface area (Å²) in [5, 5.41) is 0. The smallest absolute Gasteiger partial charge is 0.259 e. The molecule has 5 heteroatoms. The third-order valence-corrected chi connectivity index (χ3v) is 3.89. The first kappa shape index (κ1) is 15.5. The molecule has 21 heavy (non-hydrogen) atoms. The van der Waals surface area contributed by atoms with Crippen LogP contribution in [0.3, 0.4) is 0 Å². The minimum absolute atomic E-state index is 0.187. The molecule has 0 aliphatic carbocycles. The van der Waals surface area contributed by atoms with Crippen LogP contribution in [0.1, 0.15) is 23.7 Å². The molecule has 2 N–H and O–H groups in total. The van der Waals surface area contributed by atoms with E-state index >= 15 is 0 Å². The number of amides is 1. The fraction of sp³-hybridized carbons (Fsp3) is 0.188. The Morgan fingerprint density at radius 1 is 1.24 bits per heavy atom. The molecule has 0 unspecified atom stereocenters. The lowest BCUT2D eigenvalue weighted by molar-refractivity contribution is 0.0985. The zero-order valence-corrected chi connectivity index (χ0v) is 13.2. The van der Waals surface area contributed by atoms with Crippen LogP contribution in [0.15, 0.2) is 46.9 Å². The van der Waals surface area contributed by atoms with Gasteiger partial charge in [0, 0.05) is 17.9 Å². The van der Waals surface area contributed by atoms with E-state index in [2.05, 4.69) is 15.9 Å². The number of nitrogen functional groups attached to an aromatic ring is 1. The largest absolute Gasteiger partial charge is 0.399 e. The van der Waals surface area contributed by atoms with E-state index < -0.39 is 5.82 Å². The monoisotopic (exact) mass is 350 g/mol. The van der Waals surface area contributed by atoms with Gasteiger partial charge in [-0.2, -0.15) is 0 Å². The summed E-state index contributed by atoms with van der Waals surface area (Å²) in [6.07, 6.45) is 0.795. The van der Waals surface area contributed by atoms with Gasteiger partial charge in [-0.05, 0) is 58.7 Å². The lowest BCUT2D eigenvalue weighted by Crippen LogP contribution is -2.32. The van der Waals surface area contributed by atoms with Crippen LogP contribution in [-0.4, -0.2) is 12.5 Å². The van der Waals surface area contributed by atoms with Gasteiger partial charge in [-0.25, -0.2) is 4.39 Å². The molecule has 2 aromatic carbocycles. The average molecular weight is 351 g/mol. The van der Waals surface area contributed by atoms with Crippen LogP contribution in [0, 0.1) is 5.82 Å². The first-order valence-corrected chi connectivity index (χ1v) is 7.45. The first-order chi connectivity index (χ1) is 10.0. The van der Waals surface area contributed by atoms with E-state index in [9.17, 15) is 9.18 Å². The van der Waals surface area contributed by atoms with Gasteiger partial charge in [-0.3, -0.25) is 4.79 Å². The summed E-state index contributed by atoms with van der Waals surface area (Å²) in [4.78, 5) is 14.3. The Bertz CT molecular complexity index is 643. The molecule has 110 valence electrons. The molecule has 0 atom stereocenters. The number of carbonyl (C=O) groups is 1. The van der Waals surface area contributed by atoms with Crippen molar-refractivity contribution in [3.05, 3.63) is 58.3 Å². The SMILES string of the molecule is CCCN(C(=O)c1cccc(F)c1Br)c1ccc(N)cc1. The molecule has 0 saturated carbocycles. The Balaban J connectivity index is 2.40. The van der Waals surface area contributed by atoms with E-state index in [4.69, 9.17) is 5.73 Å². The van der Waals surface area contributed by atoms with Crippen molar-refractivity contribution in [2.24, 2.45) is 0 Å². The molecule has 2 rings (SSSR count). The number of halogens is 2. The number of hydrogen-bond acceptors (Lipinski definition) is 2. The molecule has 0 saturated heterocycles. The van der Waals surface area contributed by atoms with Gasteiger partial charge in [0.1, 0.15) is 5.82 Å². The summed E-state index contributed by atoms with van der Waals surface area (Å²) in [5.74, 6) is -0.692. The molecule has 2 aromatic rings. The molecule has 3 nitrogen and oxygen atoms in total. The molecule has 0 fully saturated rings. The fourth-order valence-electron chi connectivity index (χ4n) is 2.04. The van der Waals surface area contributed by atoms with Crippen LogP contribution in [0.25, 0.3) is 0 Å². The lowest BCUT2D eigenvalue weighted by Gasteiger charge is -2.23. The van der Waals surface area contributed by atoms with Gasteiger partial charge in [-0.1, -0.05) is 13.0 Å². The standard InChI is InChI=1S/C16H16BrFN2O/c1-2-10-20(12-8-6-11(19)7-9-12)16(21)13-4-3-5-14(18)15(13)17/h3-9H,2,10,19H2,1H3. The van der Waals surface area contributed by atoms with Crippen molar-refractivity contribution in [2.75, 3.05) is 17.2 Å². The molecule has 0 spiro atoms. The second kappa shape index (κ2) is 6.72. The van der Waals surface area contributed by atoms with Crippen LogP contribution in [0.4, 0.5) is 15.8 Å². The number of anilines is 2. The van der Waals surface area contributed by atoms with Crippen molar-refractivity contribution >= 4 is 33.2 Å². The van der Waals surface area contributed by atoms with Crippen molar-refractivity contribution in [1.82, 2.24) is 0 Å². The zero-order chi connectivity index (χ0) is 15.4. The Morgan fingerprint density at radius 3 is 2.52 bits per heavy atom. The van der Waals surface area contributed by atoms with Crippen molar-refractivity contribution < 1.29 is 9.18 Å². The minimum atomic E-state index is -0.449. The van der Waals surface area contributed by atoms with Crippen molar-refractivity contribution in [2.45, 2.75) is 13.3 Å². The molecule has 0 aromatic heterocycles. The highest BCUT2D eigenvalue weighted by Crippen LogP contribution is 2.25. The Morgan fingerprint density at radius 2 is 1.90 bits per heavy atom. The van der Waals surface area contributed by atoms with E-state index in [0.29, 0.717) is 17.8 Å². The number of rotatable bonds is 4. The number of hydrogen-bond donors (Lipinski definition) is 1. The predicted molar refractivity (Wildman–Crippen MR) is 86.9 cm³/mol. The summed E-state index contributed by atoms with van der Waals surface area (Å²) >= 11 is 3.14. The van der Waals surface area contributed by atoms with Crippen molar-refractivity contribution in [1.29, 1.82) is 0 Å². The topological polar surface area (TPSA) is 46.3 Å². The van der Waals surface area contributed by atoms with E-state index in [-0.39, 0.29) is 10.4 Å². The van der Waals surface area contributed by atoms with Gasteiger partial charge in [0.2, 0.25) is 0 Å². The summed E-state index contributed by atoms with van der Waals surface area (Å²) < 4.78 is 13.8. The Kier molecular flexibility index (Phi) is 4.96. The van der Waals surface area contributed by atoms with E-state index in [1.807, 2.05) is 6.92 Å².